The first-order valence-electron chi connectivity index (χ1n) is 10.6. The Hall–Kier alpha value is -1.93. The number of amides is 1. The molecular weight excluding hydrogens is 436 g/mol. The minimum atomic E-state index is -3.43. The fraction of sp³-hybridized carbons (Fsp3) is 0.435. The van der Waals surface area contributed by atoms with Gasteiger partial charge in [0.1, 0.15) is 0 Å². The standard InChI is InChI=1S/C23H27ClN2O4S/c24-21-8-4-7-20(17-21)23(9-15-30-16-10-23)22(27)25-11-13-26(14-12-25)31(28,29)18-19-5-2-1-3-6-19/h1-8,17H,9-16,18H2. The van der Waals surface area contributed by atoms with Gasteiger partial charge in [-0.2, -0.15) is 4.31 Å². The lowest BCUT2D eigenvalue weighted by Gasteiger charge is -2.43. The predicted octanol–water partition coefficient (Wildman–Crippen LogP) is 3.06. The first-order valence-corrected chi connectivity index (χ1v) is 12.5. The summed E-state index contributed by atoms with van der Waals surface area (Å²) in [5.74, 6) is 0.0177. The van der Waals surface area contributed by atoms with E-state index >= 15 is 0 Å². The molecule has 4 rings (SSSR count). The maximum absolute atomic E-state index is 13.7. The van der Waals surface area contributed by atoms with Crippen molar-refractivity contribution >= 4 is 27.5 Å². The van der Waals surface area contributed by atoms with Crippen LogP contribution < -0.4 is 0 Å². The zero-order valence-corrected chi connectivity index (χ0v) is 18.9. The lowest BCUT2D eigenvalue weighted by atomic mass is 9.73. The molecule has 0 radical (unpaired) electrons. The van der Waals surface area contributed by atoms with Crippen LogP contribution in [0.3, 0.4) is 0 Å². The first kappa shape index (κ1) is 22.3. The minimum absolute atomic E-state index is 0.0222. The molecular formula is C23H27ClN2O4S. The smallest absolute Gasteiger partial charge is 0.233 e. The number of sulfonamides is 1. The fourth-order valence-electron chi connectivity index (χ4n) is 4.48. The van der Waals surface area contributed by atoms with Gasteiger partial charge in [0.15, 0.2) is 0 Å². The normalized spacial score (nSPS) is 19.8. The Kier molecular flexibility index (Phi) is 6.67. The average molecular weight is 463 g/mol. The van der Waals surface area contributed by atoms with Crippen LogP contribution in [0.4, 0.5) is 0 Å². The van der Waals surface area contributed by atoms with E-state index in [1.165, 1.54) is 4.31 Å². The molecule has 0 N–H and O–H groups in total. The number of benzene rings is 2. The number of rotatable bonds is 5. The van der Waals surface area contributed by atoms with E-state index in [2.05, 4.69) is 0 Å². The van der Waals surface area contributed by atoms with Crippen molar-refractivity contribution in [3.63, 3.8) is 0 Å². The van der Waals surface area contributed by atoms with Gasteiger partial charge in [-0.3, -0.25) is 4.79 Å². The van der Waals surface area contributed by atoms with Gasteiger partial charge in [0.05, 0.1) is 11.2 Å². The molecule has 0 aromatic heterocycles. The summed E-state index contributed by atoms with van der Waals surface area (Å²) in [6.07, 6.45) is 1.19. The Labute approximate surface area is 188 Å². The number of hydrogen-bond donors (Lipinski definition) is 0. The molecule has 2 fully saturated rings. The Balaban J connectivity index is 1.47. The quantitative estimate of drug-likeness (QED) is 0.685. The van der Waals surface area contributed by atoms with E-state index < -0.39 is 15.4 Å². The van der Waals surface area contributed by atoms with Crippen LogP contribution in [0.2, 0.25) is 5.02 Å². The molecule has 0 saturated carbocycles. The van der Waals surface area contributed by atoms with Crippen molar-refractivity contribution in [2.75, 3.05) is 39.4 Å². The Morgan fingerprint density at radius 3 is 2.29 bits per heavy atom. The molecule has 2 aliphatic rings. The van der Waals surface area contributed by atoms with E-state index in [0.717, 1.165) is 11.1 Å². The second-order valence-electron chi connectivity index (χ2n) is 8.14. The molecule has 1 amide bonds. The van der Waals surface area contributed by atoms with E-state index in [1.54, 1.807) is 11.0 Å². The summed E-state index contributed by atoms with van der Waals surface area (Å²) >= 11 is 6.22. The molecule has 0 atom stereocenters. The van der Waals surface area contributed by atoms with Gasteiger partial charge >= 0.3 is 0 Å². The number of nitrogens with zero attached hydrogens (tertiary/aromatic N) is 2. The highest BCUT2D eigenvalue weighted by Crippen LogP contribution is 2.38. The molecule has 0 unspecified atom stereocenters. The zero-order chi connectivity index (χ0) is 21.9. The molecule has 2 saturated heterocycles. The Morgan fingerprint density at radius 1 is 0.968 bits per heavy atom. The molecule has 0 spiro atoms. The molecule has 0 aliphatic carbocycles. The topological polar surface area (TPSA) is 66.9 Å². The van der Waals surface area contributed by atoms with Crippen molar-refractivity contribution in [2.45, 2.75) is 24.0 Å². The third-order valence-electron chi connectivity index (χ3n) is 6.24. The van der Waals surface area contributed by atoms with Gasteiger partial charge < -0.3 is 9.64 Å². The van der Waals surface area contributed by atoms with Crippen LogP contribution in [0.15, 0.2) is 54.6 Å². The average Bonchev–Trinajstić information content (AvgIpc) is 2.79. The first-order chi connectivity index (χ1) is 14.9. The molecule has 31 heavy (non-hydrogen) atoms. The van der Waals surface area contributed by atoms with Gasteiger partial charge in [-0.25, -0.2) is 8.42 Å². The highest BCUT2D eigenvalue weighted by Gasteiger charge is 2.45. The van der Waals surface area contributed by atoms with Gasteiger partial charge in [-0.1, -0.05) is 54.1 Å². The van der Waals surface area contributed by atoms with E-state index in [1.807, 2.05) is 48.5 Å². The SMILES string of the molecule is O=C(N1CCN(S(=O)(=O)Cc2ccccc2)CC1)C1(c2cccc(Cl)c2)CCOCC1. The van der Waals surface area contributed by atoms with Crippen LogP contribution in [0.5, 0.6) is 0 Å². The number of piperazine rings is 1. The van der Waals surface area contributed by atoms with Crippen LogP contribution >= 0.6 is 11.6 Å². The van der Waals surface area contributed by atoms with Crippen molar-refractivity contribution in [1.82, 2.24) is 9.21 Å². The third-order valence-corrected chi connectivity index (χ3v) is 8.33. The summed E-state index contributed by atoms with van der Waals surface area (Å²) in [5, 5.41) is 0.605. The summed E-state index contributed by atoms with van der Waals surface area (Å²) in [7, 11) is -3.43. The summed E-state index contributed by atoms with van der Waals surface area (Å²) in [4.78, 5) is 15.5. The van der Waals surface area contributed by atoms with E-state index in [4.69, 9.17) is 16.3 Å². The number of halogens is 1. The zero-order valence-electron chi connectivity index (χ0n) is 17.4. The van der Waals surface area contributed by atoms with Crippen LogP contribution in [-0.2, 0) is 30.7 Å². The molecule has 2 aromatic carbocycles. The number of ether oxygens (including phenoxy) is 1. The van der Waals surface area contributed by atoms with Gasteiger partial charge in [-0.05, 0) is 36.1 Å². The number of carbonyl (C=O) groups excluding carboxylic acids is 1. The lowest BCUT2D eigenvalue weighted by molar-refractivity contribution is -0.142. The van der Waals surface area contributed by atoms with Crippen molar-refractivity contribution in [2.24, 2.45) is 0 Å². The highest BCUT2D eigenvalue weighted by molar-refractivity contribution is 7.88. The second kappa shape index (κ2) is 9.28. The molecule has 2 heterocycles. The van der Waals surface area contributed by atoms with Gasteiger partial charge in [-0.15, -0.1) is 0 Å². The van der Waals surface area contributed by atoms with Crippen LogP contribution in [0.25, 0.3) is 0 Å². The lowest BCUT2D eigenvalue weighted by Crippen LogP contribution is -2.56. The number of carbonyl (C=O) groups is 1. The van der Waals surface area contributed by atoms with E-state index in [9.17, 15) is 13.2 Å². The molecule has 0 bridgehead atoms. The summed E-state index contributed by atoms with van der Waals surface area (Å²) in [5.41, 5.74) is 1.00. The Morgan fingerprint density at radius 2 is 1.65 bits per heavy atom. The predicted molar refractivity (Wildman–Crippen MR) is 120 cm³/mol. The largest absolute Gasteiger partial charge is 0.381 e. The molecule has 2 aliphatic heterocycles. The van der Waals surface area contributed by atoms with Crippen LogP contribution in [0, 0.1) is 0 Å². The van der Waals surface area contributed by atoms with Crippen molar-refractivity contribution in [3.05, 3.63) is 70.7 Å². The molecule has 8 heteroatoms. The van der Waals surface area contributed by atoms with Crippen molar-refractivity contribution in [1.29, 1.82) is 0 Å². The minimum Gasteiger partial charge on any atom is -0.381 e. The fourth-order valence-corrected chi connectivity index (χ4v) is 6.19. The van der Waals surface area contributed by atoms with Gasteiger partial charge in [0.25, 0.3) is 0 Å². The van der Waals surface area contributed by atoms with E-state index in [0.29, 0.717) is 57.3 Å². The highest BCUT2D eigenvalue weighted by atomic mass is 35.5. The Bertz CT molecular complexity index is 1010. The van der Waals surface area contributed by atoms with Crippen LogP contribution in [0.1, 0.15) is 24.0 Å². The third kappa shape index (κ3) is 4.80. The van der Waals surface area contributed by atoms with Crippen molar-refractivity contribution < 1.29 is 17.9 Å². The summed E-state index contributed by atoms with van der Waals surface area (Å²) in [6, 6.07) is 16.7. The molecule has 6 nitrogen and oxygen atoms in total. The van der Waals surface area contributed by atoms with E-state index in [-0.39, 0.29) is 11.7 Å². The van der Waals surface area contributed by atoms with Gasteiger partial charge in [0, 0.05) is 44.4 Å². The summed E-state index contributed by atoms with van der Waals surface area (Å²) in [6.45, 7) is 2.42. The number of hydrogen-bond acceptors (Lipinski definition) is 4. The molecule has 2 aromatic rings. The molecule has 166 valence electrons. The maximum atomic E-state index is 13.7. The van der Waals surface area contributed by atoms with Crippen LogP contribution in [-0.4, -0.2) is 62.9 Å². The summed E-state index contributed by atoms with van der Waals surface area (Å²) < 4.78 is 32.7. The van der Waals surface area contributed by atoms with Crippen molar-refractivity contribution in [3.8, 4) is 0 Å². The van der Waals surface area contributed by atoms with Gasteiger partial charge in [0.2, 0.25) is 15.9 Å². The monoisotopic (exact) mass is 462 g/mol. The maximum Gasteiger partial charge on any atom is 0.233 e. The second-order valence-corrected chi connectivity index (χ2v) is 10.5.